The van der Waals surface area contributed by atoms with Crippen molar-refractivity contribution < 1.29 is 32.6 Å². The molecule has 4 atom stereocenters. The lowest BCUT2D eigenvalue weighted by atomic mass is 10.0. The normalized spacial score (nSPS) is 20.8. The summed E-state index contributed by atoms with van der Waals surface area (Å²) in [6.07, 6.45) is 5.74. The van der Waals surface area contributed by atoms with E-state index in [1.165, 1.54) is 23.2 Å². The van der Waals surface area contributed by atoms with Gasteiger partial charge in [0.05, 0.1) is 36.7 Å². The van der Waals surface area contributed by atoms with Gasteiger partial charge in [-0.25, -0.2) is 4.98 Å². The number of aromatic nitrogens is 2. The molecule has 258 valence electrons. The van der Waals surface area contributed by atoms with Gasteiger partial charge in [0.15, 0.2) is 5.03 Å². The van der Waals surface area contributed by atoms with Gasteiger partial charge in [0, 0.05) is 58.0 Å². The molecular formula is C32H52N6O7S. The first-order chi connectivity index (χ1) is 21.7. The van der Waals surface area contributed by atoms with Crippen molar-refractivity contribution in [2.75, 3.05) is 58.7 Å². The molecule has 0 spiro atoms. The maximum atomic E-state index is 14.3. The average molecular weight is 665 g/mol. The molecular weight excluding hydrogens is 612 g/mol. The highest BCUT2D eigenvalue weighted by Crippen LogP contribution is 2.29. The van der Waals surface area contributed by atoms with E-state index in [0.717, 1.165) is 25.8 Å². The molecule has 1 aliphatic heterocycles. The SMILES string of the molecule is C[C@@H]1CCCCO[C@@H](CN(C)C(=O)CCCN(C)C)[C@H](C)CN([C@@H](C)CO)C(=O)c2cc(NS(=O)(=O)c3cn(C)cn3)ccc2O1. The average Bonchev–Trinajstić information content (AvgIpc) is 3.45. The topological polar surface area (TPSA) is 147 Å². The van der Waals surface area contributed by atoms with Crippen LogP contribution in [0.3, 0.4) is 0 Å². The van der Waals surface area contributed by atoms with Gasteiger partial charge in [-0.2, -0.15) is 8.42 Å². The third-order valence-electron chi connectivity index (χ3n) is 8.14. The van der Waals surface area contributed by atoms with Crippen LogP contribution in [0.2, 0.25) is 0 Å². The van der Waals surface area contributed by atoms with Crippen LogP contribution in [-0.2, 0) is 26.6 Å². The van der Waals surface area contributed by atoms with Gasteiger partial charge in [0.1, 0.15) is 5.75 Å². The Morgan fingerprint density at radius 1 is 1.22 bits per heavy atom. The van der Waals surface area contributed by atoms with Gasteiger partial charge in [0.25, 0.3) is 15.9 Å². The van der Waals surface area contributed by atoms with E-state index in [0.29, 0.717) is 31.7 Å². The smallest absolute Gasteiger partial charge is 0.280 e. The van der Waals surface area contributed by atoms with E-state index >= 15 is 0 Å². The Hall–Kier alpha value is -3.20. The number of aliphatic hydroxyl groups excluding tert-OH is 1. The molecule has 2 amide bonds. The van der Waals surface area contributed by atoms with Gasteiger partial charge >= 0.3 is 0 Å². The fraction of sp³-hybridized carbons (Fsp3) is 0.656. The number of aryl methyl sites for hydroxylation is 1. The number of amides is 2. The molecule has 2 heterocycles. The van der Waals surface area contributed by atoms with Crippen LogP contribution >= 0.6 is 0 Å². The van der Waals surface area contributed by atoms with Crippen LogP contribution in [0, 0.1) is 5.92 Å². The number of benzene rings is 1. The lowest BCUT2D eigenvalue weighted by Gasteiger charge is -2.36. The van der Waals surface area contributed by atoms with Crippen molar-refractivity contribution in [3.63, 3.8) is 0 Å². The van der Waals surface area contributed by atoms with Crippen molar-refractivity contribution in [2.24, 2.45) is 13.0 Å². The minimum Gasteiger partial charge on any atom is -0.490 e. The Bertz CT molecular complexity index is 1400. The Morgan fingerprint density at radius 3 is 2.61 bits per heavy atom. The molecule has 0 saturated heterocycles. The summed E-state index contributed by atoms with van der Waals surface area (Å²) in [5.41, 5.74) is 0.346. The van der Waals surface area contributed by atoms with E-state index in [9.17, 15) is 23.1 Å². The van der Waals surface area contributed by atoms with E-state index in [1.54, 1.807) is 43.0 Å². The molecule has 2 aromatic rings. The number of aliphatic hydroxyl groups is 1. The Balaban J connectivity index is 1.93. The summed E-state index contributed by atoms with van der Waals surface area (Å²) in [5, 5.41) is 10.0. The van der Waals surface area contributed by atoms with Gasteiger partial charge in [-0.3, -0.25) is 14.3 Å². The van der Waals surface area contributed by atoms with Crippen LogP contribution < -0.4 is 9.46 Å². The highest BCUT2D eigenvalue weighted by Gasteiger charge is 2.31. The third kappa shape index (κ3) is 10.7. The number of sulfonamides is 1. The third-order valence-corrected chi connectivity index (χ3v) is 9.40. The summed E-state index contributed by atoms with van der Waals surface area (Å²) >= 11 is 0. The maximum absolute atomic E-state index is 14.3. The molecule has 1 aliphatic rings. The number of carbonyl (C=O) groups excluding carboxylic acids is 2. The zero-order chi connectivity index (χ0) is 34.0. The largest absolute Gasteiger partial charge is 0.490 e. The fourth-order valence-corrected chi connectivity index (χ4v) is 6.33. The first kappa shape index (κ1) is 37.3. The predicted octanol–water partition coefficient (Wildman–Crippen LogP) is 2.82. The molecule has 0 saturated carbocycles. The van der Waals surface area contributed by atoms with Crippen molar-refractivity contribution in [1.82, 2.24) is 24.3 Å². The van der Waals surface area contributed by atoms with Crippen LogP contribution in [0.4, 0.5) is 5.69 Å². The second kappa shape index (κ2) is 17.1. The molecule has 2 N–H and O–H groups in total. The lowest BCUT2D eigenvalue weighted by Crippen LogP contribution is -2.48. The van der Waals surface area contributed by atoms with Crippen LogP contribution in [0.15, 0.2) is 35.7 Å². The van der Waals surface area contributed by atoms with Crippen LogP contribution in [0.5, 0.6) is 5.75 Å². The number of hydrogen-bond donors (Lipinski definition) is 2. The number of fused-ring (bicyclic) bond motifs is 1. The van der Waals surface area contributed by atoms with Gasteiger partial charge < -0.3 is 33.8 Å². The number of rotatable bonds is 11. The number of imidazole rings is 1. The van der Waals surface area contributed by atoms with Crippen LogP contribution in [-0.4, -0.2) is 122 Å². The number of likely N-dealkylation sites (N-methyl/N-ethyl adjacent to an activating group) is 1. The lowest BCUT2D eigenvalue weighted by molar-refractivity contribution is -0.132. The van der Waals surface area contributed by atoms with Crippen molar-refractivity contribution in [2.45, 2.75) is 76.2 Å². The fourth-order valence-electron chi connectivity index (χ4n) is 5.29. The number of nitrogens with one attached hydrogen (secondary N) is 1. The Morgan fingerprint density at radius 2 is 1.96 bits per heavy atom. The highest BCUT2D eigenvalue weighted by molar-refractivity contribution is 7.92. The molecule has 0 unspecified atom stereocenters. The highest BCUT2D eigenvalue weighted by atomic mass is 32.2. The summed E-state index contributed by atoms with van der Waals surface area (Å²) < 4.78 is 42.7. The molecule has 13 nitrogen and oxygen atoms in total. The molecule has 3 rings (SSSR count). The summed E-state index contributed by atoms with van der Waals surface area (Å²) in [6, 6.07) is 4.06. The van der Waals surface area contributed by atoms with Crippen LogP contribution in [0.25, 0.3) is 0 Å². The minimum absolute atomic E-state index is 0.0364. The first-order valence-corrected chi connectivity index (χ1v) is 17.4. The summed E-state index contributed by atoms with van der Waals surface area (Å²) in [4.78, 5) is 36.5. The van der Waals surface area contributed by atoms with Crippen LogP contribution in [0.1, 0.15) is 63.2 Å². The summed E-state index contributed by atoms with van der Waals surface area (Å²) in [7, 11) is 3.39. The molecule has 0 bridgehead atoms. The minimum atomic E-state index is -4.01. The molecule has 0 radical (unpaired) electrons. The van der Waals surface area contributed by atoms with Gasteiger partial charge in [0.2, 0.25) is 5.91 Å². The molecule has 14 heteroatoms. The van der Waals surface area contributed by atoms with E-state index in [-0.39, 0.29) is 53.5 Å². The van der Waals surface area contributed by atoms with E-state index in [2.05, 4.69) is 9.71 Å². The van der Waals surface area contributed by atoms with E-state index in [4.69, 9.17) is 9.47 Å². The van der Waals surface area contributed by atoms with Crippen molar-refractivity contribution in [3.05, 3.63) is 36.3 Å². The Labute approximate surface area is 273 Å². The summed E-state index contributed by atoms with van der Waals surface area (Å²) in [5.74, 6) is -0.256. The molecule has 46 heavy (non-hydrogen) atoms. The van der Waals surface area contributed by atoms with Gasteiger partial charge in [-0.1, -0.05) is 6.92 Å². The number of nitrogens with zero attached hydrogens (tertiary/aromatic N) is 5. The second-order valence-corrected chi connectivity index (χ2v) is 14.3. The second-order valence-electron chi connectivity index (χ2n) is 12.7. The quantitative estimate of drug-likeness (QED) is 0.370. The Kier molecular flexibility index (Phi) is 13.8. The van der Waals surface area contributed by atoms with Crippen molar-refractivity contribution in [3.8, 4) is 5.75 Å². The summed E-state index contributed by atoms with van der Waals surface area (Å²) in [6.45, 7) is 7.29. The van der Waals surface area contributed by atoms with Crippen molar-refractivity contribution >= 4 is 27.5 Å². The van der Waals surface area contributed by atoms with Gasteiger partial charge in [-0.15, -0.1) is 0 Å². The maximum Gasteiger partial charge on any atom is 0.280 e. The molecule has 1 aromatic heterocycles. The molecule has 0 fully saturated rings. The molecule has 0 aliphatic carbocycles. The number of carbonyl (C=O) groups is 2. The predicted molar refractivity (Wildman–Crippen MR) is 176 cm³/mol. The van der Waals surface area contributed by atoms with E-state index < -0.39 is 22.0 Å². The zero-order valence-electron chi connectivity index (χ0n) is 28.3. The zero-order valence-corrected chi connectivity index (χ0v) is 29.1. The monoisotopic (exact) mass is 664 g/mol. The van der Waals surface area contributed by atoms with Gasteiger partial charge in [-0.05, 0) is 78.4 Å². The number of ether oxygens (including phenoxy) is 2. The number of anilines is 1. The van der Waals surface area contributed by atoms with Crippen molar-refractivity contribution in [1.29, 1.82) is 0 Å². The molecule has 1 aromatic carbocycles. The number of hydrogen-bond acceptors (Lipinski definition) is 9. The first-order valence-electron chi connectivity index (χ1n) is 16.0. The van der Waals surface area contributed by atoms with E-state index in [1.807, 2.05) is 32.8 Å². The standard InChI is InChI=1S/C32H52N6O7S/c1-23-18-38(24(2)21-39)32(41)27-17-26(34-46(42,43)30-20-36(6)22-33-30)13-14-28(27)45-25(3)11-8-9-16-44-29(23)19-37(7)31(40)12-10-15-35(4)5/h13-14,17,20,22-25,29,34,39H,8-12,15-16,18-19,21H2,1-7H3/t23-,24+,25-,29+/m1/s1.